The van der Waals surface area contributed by atoms with Crippen LogP contribution in [0.3, 0.4) is 0 Å². The van der Waals surface area contributed by atoms with Crippen LogP contribution in [0.4, 0.5) is 0 Å². The Kier molecular flexibility index (Phi) is 3.88. The molecule has 2 heterocycles. The number of nitrogens with two attached hydrogens (primary N) is 1. The van der Waals surface area contributed by atoms with E-state index in [1.54, 1.807) is 0 Å². The fourth-order valence-electron chi connectivity index (χ4n) is 2.15. The van der Waals surface area contributed by atoms with Crippen LogP contribution in [0.1, 0.15) is 5.56 Å². The molecule has 0 radical (unpaired) electrons. The zero-order valence-electron chi connectivity index (χ0n) is 9.84. The van der Waals surface area contributed by atoms with Gasteiger partial charge in [0.15, 0.2) is 0 Å². The molecule has 4 nitrogen and oxygen atoms in total. The van der Waals surface area contributed by atoms with Gasteiger partial charge >= 0.3 is 0 Å². The quantitative estimate of drug-likeness (QED) is 0.788. The second-order valence-corrected chi connectivity index (χ2v) is 4.46. The first kappa shape index (κ1) is 11.5. The van der Waals surface area contributed by atoms with Crippen LogP contribution in [0.5, 0.6) is 0 Å². The van der Waals surface area contributed by atoms with Gasteiger partial charge in [-0.25, -0.2) is 0 Å². The Hall–Kier alpha value is -0.970. The maximum absolute atomic E-state index is 5.77. The zero-order valence-corrected chi connectivity index (χ0v) is 9.84. The molecule has 1 aromatic rings. The Morgan fingerprint density at radius 1 is 1.38 bits per heavy atom. The third-order valence-corrected chi connectivity index (χ3v) is 3.29. The molecule has 0 amide bonds. The van der Waals surface area contributed by atoms with Crippen LogP contribution in [0.2, 0.25) is 0 Å². The molecular weight excluding hydrogens is 200 g/mol. The van der Waals surface area contributed by atoms with Crippen molar-refractivity contribution >= 4 is 0 Å². The van der Waals surface area contributed by atoms with Crippen molar-refractivity contribution < 1.29 is 0 Å². The SMILES string of the molecule is CN1CCN(Cc2ccncc2)CC1CN. The van der Waals surface area contributed by atoms with Gasteiger partial charge < -0.3 is 5.73 Å². The summed E-state index contributed by atoms with van der Waals surface area (Å²) >= 11 is 0. The third kappa shape index (κ3) is 2.78. The highest BCUT2D eigenvalue weighted by Gasteiger charge is 2.22. The molecule has 1 unspecified atom stereocenters. The van der Waals surface area contributed by atoms with E-state index >= 15 is 0 Å². The summed E-state index contributed by atoms with van der Waals surface area (Å²) in [5.74, 6) is 0. The Morgan fingerprint density at radius 3 is 2.81 bits per heavy atom. The summed E-state index contributed by atoms with van der Waals surface area (Å²) < 4.78 is 0. The number of nitrogens with zero attached hydrogens (tertiary/aromatic N) is 3. The third-order valence-electron chi connectivity index (χ3n) is 3.29. The molecule has 1 saturated heterocycles. The van der Waals surface area contributed by atoms with Crippen LogP contribution in [0.25, 0.3) is 0 Å². The normalized spacial score (nSPS) is 23.5. The second-order valence-electron chi connectivity index (χ2n) is 4.46. The molecule has 16 heavy (non-hydrogen) atoms. The van der Waals surface area contributed by atoms with Crippen LogP contribution in [0.15, 0.2) is 24.5 Å². The van der Waals surface area contributed by atoms with Gasteiger partial charge in [0.1, 0.15) is 0 Å². The lowest BCUT2D eigenvalue weighted by Gasteiger charge is -2.38. The molecule has 1 aliphatic heterocycles. The van der Waals surface area contributed by atoms with Gasteiger partial charge in [0, 0.05) is 51.2 Å². The molecule has 0 aromatic carbocycles. The molecular formula is C12H20N4. The van der Waals surface area contributed by atoms with Crippen LogP contribution < -0.4 is 5.73 Å². The van der Waals surface area contributed by atoms with Crippen molar-refractivity contribution in [2.45, 2.75) is 12.6 Å². The Balaban J connectivity index is 1.92. The van der Waals surface area contributed by atoms with Gasteiger partial charge in [-0.05, 0) is 24.7 Å². The lowest BCUT2D eigenvalue weighted by Crippen LogP contribution is -2.53. The first-order valence-electron chi connectivity index (χ1n) is 5.81. The molecule has 2 rings (SSSR count). The predicted molar refractivity (Wildman–Crippen MR) is 65.0 cm³/mol. The number of pyridine rings is 1. The maximum Gasteiger partial charge on any atom is 0.0343 e. The number of likely N-dealkylation sites (N-methyl/N-ethyl adjacent to an activating group) is 1. The van der Waals surface area contributed by atoms with Gasteiger partial charge in [0.25, 0.3) is 0 Å². The van der Waals surface area contributed by atoms with Crippen molar-refractivity contribution in [2.24, 2.45) is 5.73 Å². The fourth-order valence-corrected chi connectivity index (χ4v) is 2.15. The van der Waals surface area contributed by atoms with Crippen LogP contribution in [0, 0.1) is 0 Å². The average Bonchev–Trinajstić information content (AvgIpc) is 2.33. The first-order valence-corrected chi connectivity index (χ1v) is 5.81. The average molecular weight is 220 g/mol. The van der Waals surface area contributed by atoms with E-state index in [0.717, 1.165) is 32.7 Å². The number of rotatable bonds is 3. The monoisotopic (exact) mass is 220 g/mol. The maximum atomic E-state index is 5.77. The van der Waals surface area contributed by atoms with E-state index < -0.39 is 0 Å². The minimum absolute atomic E-state index is 0.496. The van der Waals surface area contributed by atoms with Crippen molar-refractivity contribution in [3.05, 3.63) is 30.1 Å². The summed E-state index contributed by atoms with van der Waals surface area (Å²) in [5, 5.41) is 0. The fraction of sp³-hybridized carbons (Fsp3) is 0.583. The molecule has 1 aromatic heterocycles. The van der Waals surface area contributed by atoms with E-state index in [2.05, 4.69) is 34.0 Å². The van der Waals surface area contributed by atoms with Gasteiger partial charge in [-0.15, -0.1) is 0 Å². The molecule has 0 saturated carbocycles. The van der Waals surface area contributed by atoms with Gasteiger partial charge in [-0.1, -0.05) is 0 Å². The summed E-state index contributed by atoms with van der Waals surface area (Å²) in [5.41, 5.74) is 7.10. The van der Waals surface area contributed by atoms with Crippen molar-refractivity contribution in [3.8, 4) is 0 Å². The molecule has 1 fully saturated rings. The standard InChI is InChI=1S/C12H20N4/c1-15-6-7-16(10-12(15)8-13)9-11-2-4-14-5-3-11/h2-5,12H,6-10,13H2,1H3. The molecule has 2 N–H and O–H groups in total. The van der Waals surface area contributed by atoms with Crippen molar-refractivity contribution in [1.29, 1.82) is 0 Å². The number of piperazine rings is 1. The molecule has 0 spiro atoms. The number of hydrogen-bond donors (Lipinski definition) is 1. The van der Waals surface area contributed by atoms with Crippen LogP contribution in [-0.4, -0.2) is 54.1 Å². The van der Waals surface area contributed by atoms with Gasteiger partial charge in [-0.3, -0.25) is 14.8 Å². The summed E-state index contributed by atoms with van der Waals surface area (Å²) in [6.07, 6.45) is 3.71. The number of hydrogen-bond acceptors (Lipinski definition) is 4. The minimum atomic E-state index is 0.496. The highest BCUT2D eigenvalue weighted by Crippen LogP contribution is 2.10. The van der Waals surface area contributed by atoms with Crippen molar-refractivity contribution in [3.63, 3.8) is 0 Å². The van der Waals surface area contributed by atoms with E-state index in [-0.39, 0.29) is 0 Å². The van der Waals surface area contributed by atoms with Crippen LogP contribution >= 0.6 is 0 Å². The summed E-state index contributed by atoms with van der Waals surface area (Å²) in [6, 6.07) is 4.65. The lowest BCUT2D eigenvalue weighted by atomic mass is 10.1. The molecule has 1 aliphatic rings. The highest BCUT2D eigenvalue weighted by molar-refractivity contribution is 5.09. The van der Waals surface area contributed by atoms with E-state index in [1.165, 1.54) is 5.56 Å². The van der Waals surface area contributed by atoms with E-state index in [4.69, 9.17) is 5.73 Å². The summed E-state index contributed by atoms with van der Waals surface area (Å²) in [4.78, 5) is 8.85. The molecule has 0 aliphatic carbocycles. The lowest BCUT2D eigenvalue weighted by molar-refractivity contribution is 0.0947. The van der Waals surface area contributed by atoms with Gasteiger partial charge in [0.05, 0.1) is 0 Å². The smallest absolute Gasteiger partial charge is 0.0343 e. The topological polar surface area (TPSA) is 45.4 Å². The summed E-state index contributed by atoms with van der Waals surface area (Å²) in [6.45, 7) is 5.04. The van der Waals surface area contributed by atoms with E-state index in [1.807, 2.05) is 12.4 Å². The van der Waals surface area contributed by atoms with Gasteiger partial charge in [0.2, 0.25) is 0 Å². The Morgan fingerprint density at radius 2 is 2.12 bits per heavy atom. The zero-order chi connectivity index (χ0) is 11.4. The highest BCUT2D eigenvalue weighted by atomic mass is 15.3. The second kappa shape index (κ2) is 5.39. The van der Waals surface area contributed by atoms with Crippen molar-refractivity contribution in [2.75, 3.05) is 33.2 Å². The molecule has 88 valence electrons. The Bertz CT molecular complexity index is 314. The van der Waals surface area contributed by atoms with E-state index in [0.29, 0.717) is 6.04 Å². The number of aromatic nitrogens is 1. The van der Waals surface area contributed by atoms with Crippen LogP contribution in [-0.2, 0) is 6.54 Å². The predicted octanol–water partition coefficient (Wildman–Crippen LogP) is 0.156. The molecule has 4 heteroatoms. The van der Waals surface area contributed by atoms with Crippen molar-refractivity contribution in [1.82, 2.24) is 14.8 Å². The largest absolute Gasteiger partial charge is 0.329 e. The van der Waals surface area contributed by atoms with E-state index in [9.17, 15) is 0 Å². The first-order chi connectivity index (χ1) is 7.79. The summed E-state index contributed by atoms with van der Waals surface area (Å²) in [7, 11) is 2.15. The Labute approximate surface area is 97.1 Å². The molecule has 1 atom stereocenters. The molecule has 0 bridgehead atoms. The minimum Gasteiger partial charge on any atom is -0.329 e. The van der Waals surface area contributed by atoms with Gasteiger partial charge in [-0.2, -0.15) is 0 Å².